The monoisotopic (exact) mass is 361 g/mol. The van der Waals surface area contributed by atoms with Crippen LogP contribution in [0.2, 0.25) is 0 Å². The first-order valence-electron chi connectivity index (χ1n) is 7.63. The van der Waals surface area contributed by atoms with Crippen molar-refractivity contribution in [1.29, 1.82) is 0 Å². The van der Waals surface area contributed by atoms with Crippen molar-refractivity contribution >= 4 is 23.1 Å². The van der Waals surface area contributed by atoms with Gasteiger partial charge < -0.3 is 9.15 Å². The maximum Gasteiger partial charge on any atom is 0.277 e. The normalized spacial score (nSPS) is 11.0. The Bertz CT molecular complexity index is 842. The molecule has 2 aromatic heterocycles. The van der Waals surface area contributed by atoms with E-state index in [9.17, 15) is 0 Å². The fourth-order valence-electron chi connectivity index (χ4n) is 2.23. The Labute approximate surface area is 149 Å². The molecule has 1 aromatic carbocycles. The number of benzene rings is 1. The summed E-state index contributed by atoms with van der Waals surface area (Å²) in [4.78, 5) is 5.33. The quantitative estimate of drug-likeness (QED) is 0.472. The molecular weight excluding hydrogens is 342 g/mol. The Morgan fingerprint density at radius 3 is 2.75 bits per heavy atom. The summed E-state index contributed by atoms with van der Waals surface area (Å²) in [5, 5.41) is 9.76. The Morgan fingerprint density at radius 2 is 2.00 bits per heavy atom. The molecule has 0 atom stereocenters. The van der Waals surface area contributed by atoms with Gasteiger partial charge in [-0.3, -0.25) is 0 Å². The van der Waals surface area contributed by atoms with Crippen molar-refractivity contribution in [2.75, 3.05) is 12.4 Å². The van der Waals surface area contributed by atoms with Gasteiger partial charge >= 0.3 is 0 Å². The summed E-state index contributed by atoms with van der Waals surface area (Å²) < 4.78 is 11.5. The highest BCUT2D eigenvalue weighted by molar-refractivity contribution is 7.99. The van der Waals surface area contributed by atoms with Crippen LogP contribution >= 0.6 is 23.1 Å². The molecular formula is C17H19N3O2S2. The Balaban J connectivity index is 1.54. The van der Waals surface area contributed by atoms with E-state index >= 15 is 0 Å². The summed E-state index contributed by atoms with van der Waals surface area (Å²) in [6.45, 7) is 8.62. The van der Waals surface area contributed by atoms with Crippen LogP contribution in [-0.4, -0.2) is 27.5 Å². The second-order valence-corrected chi connectivity index (χ2v) is 7.74. The van der Waals surface area contributed by atoms with Gasteiger partial charge in [-0.2, -0.15) is 0 Å². The van der Waals surface area contributed by atoms with Gasteiger partial charge in [0.1, 0.15) is 10.6 Å². The van der Waals surface area contributed by atoms with Gasteiger partial charge in [-0.15, -0.1) is 21.5 Å². The van der Waals surface area contributed by atoms with Crippen LogP contribution in [0.25, 0.3) is 10.8 Å². The first kappa shape index (κ1) is 17.0. The summed E-state index contributed by atoms with van der Waals surface area (Å²) in [5.74, 6) is 2.21. The molecule has 0 bridgehead atoms. The standard InChI is InChI=1S/C17H19N3O2S2/c1-10-5-6-11(2)14(9-10)21-7-8-23-17-20-19-16(22-17)15-12(3)18-13(4)24-15/h5-6,9H,7-8H2,1-4H3. The third kappa shape index (κ3) is 3.96. The topological polar surface area (TPSA) is 61.0 Å². The van der Waals surface area contributed by atoms with Crippen LogP contribution in [0.3, 0.4) is 0 Å². The summed E-state index contributed by atoms with van der Waals surface area (Å²) in [7, 11) is 0. The van der Waals surface area contributed by atoms with Gasteiger partial charge in [-0.25, -0.2) is 4.98 Å². The average Bonchev–Trinajstić information content (AvgIpc) is 3.13. The highest BCUT2D eigenvalue weighted by Gasteiger charge is 2.15. The lowest BCUT2D eigenvalue weighted by molar-refractivity contribution is 0.340. The van der Waals surface area contributed by atoms with E-state index in [0.29, 0.717) is 17.7 Å². The van der Waals surface area contributed by atoms with Crippen LogP contribution in [0.4, 0.5) is 0 Å². The molecule has 0 saturated heterocycles. The number of hydrogen-bond donors (Lipinski definition) is 0. The smallest absolute Gasteiger partial charge is 0.277 e. The second-order valence-electron chi connectivity index (χ2n) is 5.49. The van der Waals surface area contributed by atoms with Crippen molar-refractivity contribution in [3.63, 3.8) is 0 Å². The molecule has 3 aromatic rings. The maximum absolute atomic E-state index is 5.83. The van der Waals surface area contributed by atoms with Crippen LogP contribution in [0.5, 0.6) is 5.75 Å². The first-order chi connectivity index (χ1) is 11.5. The number of hydrogen-bond acceptors (Lipinski definition) is 7. The van der Waals surface area contributed by atoms with Crippen molar-refractivity contribution in [1.82, 2.24) is 15.2 Å². The molecule has 0 aliphatic rings. The van der Waals surface area contributed by atoms with Gasteiger partial charge in [0.15, 0.2) is 0 Å². The Hall–Kier alpha value is -1.86. The summed E-state index contributed by atoms with van der Waals surface area (Å²) in [5.41, 5.74) is 3.26. The molecule has 0 fully saturated rings. The fraction of sp³-hybridized carbons (Fsp3) is 0.353. The van der Waals surface area contributed by atoms with E-state index in [-0.39, 0.29) is 0 Å². The number of ether oxygens (including phenoxy) is 1. The molecule has 0 saturated carbocycles. The largest absolute Gasteiger partial charge is 0.492 e. The lowest BCUT2D eigenvalue weighted by atomic mass is 10.1. The molecule has 0 radical (unpaired) electrons. The minimum absolute atomic E-state index is 0.538. The van der Waals surface area contributed by atoms with E-state index in [0.717, 1.165) is 32.6 Å². The third-order valence-corrected chi connectivity index (χ3v) is 5.26. The van der Waals surface area contributed by atoms with Crippen LogP contribution < -0.4 is 4.74 Å². The number of thioether (sulfide) groups is 1. The predicted molar refractivity (Wildman–Crippen MR) is 97.0 cm³/mol. The zero-order valence-corrected chi connectivity index (χ0v) is 15.8. The van der Waals surface area contributed by atoms with E-state index < -0.39 is 0 Å². The van der Waals surface area contributed by atoms with Crippen LogP contribution in [-0.2, 0) is 0 Å². The molecule has 126 valence electrons. The van der Waals surface area contributed by atoms with Gasteiger partial charge in [0.2, 0.25) is 0 Å². The molecule has 0 aliphatic heterocycles. The van der Waals surface area contributed by atoms with E-state index in [1.807, 2.05) is 20.8 Å². The summed E-state index contributed by atoms with van der Waals surface area (Å²) in [6.07, 6.45) is 0. The highest BCUT2D eigenvalue weighted by Crippen LogP contribution is 2.30. The molecule has 0 spiro atoms. The molecule has 2 heterocycles. The minimum Gasteiger partial charge on any atom is -0.492 e. The number of aryl methyl sites for hydroxylation is 4. The second kappa shape index (κ2) is 7.36. The molecule has 0 unspecified atom stereocenters. The number of aromatic nitrogens is 3. The van der Waals surface area contributed by atoms with Crippen molar-refractivity contribution in [3.8, 4) is 16.5 Å². The van der Waals surface area contributed by atoms with Crippen molar-refractivity contribution < 1.29 is 9.15 Å². The molecule has 0 N–H and O–H groups in total. The van der Waals surface area contributed by atoms with Gasteiger partial charge in [0.05, 0.1) is 17.3 Å². The number of nitrogens with zero attached hydrogens (tertiary/aromatic N) is 3. The third-order valence-electron chi connectivity index (χ3n) is 3.41. The average molecular weight is 361 g/mol. The van der Waals surface area contributed by atoms with Crippen LogP contribution in [0.1, 0.15) is 21.8 Å². The lowest BCUT2D eigenvalue weighted by Gasteiger charge is -2.08. The van der Waals surface area contributed by atoms with Crippen molar-refractivity contribution in [2.45, 2.75) is 32.9 Å². The van der Waals surface area contributed by atoms with E-state index in [1.54, 1.807) is 11.3 Å². The van der Waals surface area contributed by atoms with Gasteiger partial charge in [-0.1, -0.05) is 23.9 Å². The Kier molecular flexibility index (Phi) is 5.20. The molecule has 0 amide bonds. The number of rotatable bonds is 6. The summed E-state index contributed by atoms with van der Waals surface area (Å²) >= 11 is 3.06. The predicted octanol–water partition coefficient (Wildman–Crippen LogP) is 4.60. The highest BCUT2D eigenvalue weighted by atomic mass is 32.2. The molecule has 5 nitrogen and oxygen atoms in total. The molecule has 24 heavy (non-hydrogen) atoms. The molecule has 7 heteroatoms. The fourth-order valence-corrected chi connectivity index (χ4v) is 3.65. The van der Waals surface area contributed by atoms with Gasteiger partial charge in [0, 0.05) is 5.75 Å². The minimum atomic E-state index is 0.538. The van der Waals surface area contributed by atoms with E-state index in [2.05, 4.69) is 40.3 Å². The van der Waals surface area contributed by atoms with Crippen molar-refractivity contribution in [3.05, 3.63) is 40.0 Å². The van der Waals surface area contributed by atoms with Crippen molar-refractivity contribution in [2.24, 2.45) is 0 Å². The van der Waals surface area contributed by atoms with Crippen LogP contribution in [0, 0.1) is 27.7 Å². The Morgan fingerprint density at radius 1 is 1.17 bits per heavy atom. The van der Waals surface area contributed by atoms with Crippen LogP contribution in [0.15, 0.2) is 27.8 Å². The molecule has 3 rings (SSSR count). The summed E-state index contributed by atoms with van der Waals surface area (Å²) in [6, 6.07) is 6.21. The lowest BCUT2D eigenvalue weighted by Crippen LogP contribution is -2.01. The number of thiazole rings is 1. The van der Waals surface area contributed by atoms with E-state index in [4.69, 9.17) is 9.15 Å². The zero-order chi connectivity index (χ0) is 17.1. The first-order valence-corrected chi connectivity index (χ1v) is 9.44. The zero-order valence-electron chi connectivity index (χ0n) is 14.1. The SMILES string of the molecule is Cc1ccc(C)c(OCCSc2nnc(-c3sc(C)nc3C)o2)c1. The molecule has 0 aliphatic carbocycles. The van der Waals surface area contributed by atoms with E-state index in [1.165, 1.54) is 17.3 Å². The maximum atomic E-state index is 5.83. The van der Waals surface area contributed by atoms with Gasteiger partial charge in [0.25, 0.3) is 11.1 Å². The van der Waals surface area contributed by atoms with Gasteiger partial charge in [-0.05, 0) is 44.9 Å².